The molecule has 1 unspecified atom stereocenters. The van der Waals surface area contributed by atoms with Crippen molar-refractivity contribution in [3.8, 4) is 0 Å². The van der Waals surface area contributed by atoms with Gasteiger partial charge in [-0.25, -0.2) is 4.79 Å². The number of ether oxygens (including phenoxy) is 1. The average molecular weight is 235 g/mol. The minimum Gasteiger partial charge on any atom is -0.465 e. The number of amides is 1. The van der Waals surface area contributed by atoms with Gasteiger partial charge in [0.1, 0.15) is 0 Å². The molecule has 5 heteroatoms. The van der Waals surface area contributed by atoms with Crippen LogP contribution in [0.1, 0.15) is 16.8 Å². The van der Waals surface area contributed by atoms with Crippen LogP contribution in [0, 0.1) is 0 Å². The first-order chi connectivity index (χ1) is 8.11. The highest BCUT2D eigenvalue weighted by atomic mass is 16.5. The Morgan fingerprint density at radius 1 is 1.53 bits per heavy atom. The zero-order valence-corrected chi connectivity index (χ0v) is 9.42. The first-order valence-electron chi connectivity index (χ1n) is 5.28. The predicted molar refractivity (Wildman–Crippen MR) is 60.8 cm³/mol. The number of β-amino-alcohol motifs (C(OH)–C–C–N with tert-alkyl or cyclic N) is 1. The lowest BCUT2D eigenvalue weighted by Crippen LogP contribution is -2.25. The van der Waals surface area contributed by atoms with Gasteiger partial charge in [0.05, 0.1) is 31.7 Å². The number of anilines is 1. The van der Waals surface area contributed by atoms with Crippen LogP contribution in [0.2, 0.25) is 0 Å². The van der Waals surface area contributed by atoms with E-state index < -0.39 is 12.1 Å². The molecule has 1 aromatic rings. The number of carbonyl (C=O) groups is 2. The van der Waals surface area contributed by atoms with Gasteiger partial charge in [-0.15, -0.1) is 0 Å². The maximum Gasteiger partial charge on any atom is 0.337 e. The number of benzene rings is 1. The van der Waals surface area contributed by atoms with Gasteiger partial charge in [-0.05, 0) is 18.2 Å². The molecule has 0 radical (unpaired) electrons. The van der Waals surface area contributed by atoms with E-state index in [1.165, 1.54) is 12.0 Å². The van der Waals surface area contributed by atoms with Crippen LogP contribution in [-0.2, 0) is 9.53 Å². The summed E-state index contributed by atoms with van der Waals surface area (Å²) in [6.07, 6.45) is -0.507. The van der Waals surface area contributed by atoms with Gasteiger partial charge < -0.3 is 14.7 Å². The molecule has 1 aromatic carbocycles. The van der Waals surface area contributed by atoms with Crippen LogP contribution < -0.4 is 4.90 Å². The first-order valence-corrected chi connectivity index (χ1v) is 5.28. The fourth-order valence-electron chi connectivity index (χ4n) is 1.86. The maximum absolute atomic E-state index is 11.6. The zero-order valence-electron chi connectivity index (χ0n) is 9.42. The average Bonchev–Trinajstić information content (AvgIpc) is 2.67. The summed E-state index contributed by atoms with van der Waals surface area (Å²) in [4.78, 5) is 24.4. The highest BCUT2D eigenvalue weighted by molar-refractivity contribution is 5.98. The number of carbonyl (C=O) groups excluding carboxylic acids is 2. The molecule has 0 spiro atoms. The molecule has 1 amide bonds. The number of rotatable bonds is 2. The van der Waals surface area contributed by atoms with E-state index in [4.69, 9.17) is 0 Å². The summed E-state index contributed by atoms with van der Waals surface area (Å²) < 4.78 is 4.61. The minimum atomic E-state index is -0.635. The Morgan fingerprint density at radius 3 is 2.88 bits per heavy atom. The van der Waals surface area contributed by atoms with Crippen LogP contribution in [0.3, 0.4) is 0 Å². The van der Waals surface area contributed by atoms with Gasteiger partial charge in [-0.2, -0.15) is 0 Å². The molecule has 1 saturated heterocycles. The Balaban J connectivity index is 2.27. The van der Waals surface area contributed by atoms with E-state index in [-0.39, 0.29) is 18.9 Å². The Kier molecular flexibility index (Phi) is 3.10. The summed E-state index contributed by atoms with van der Waals surface area (Å²) in [5.41, 5.74) is 0.994. The van der Waals surface area contributed by atoms with E-state index in [1.807, 2.05) is 0 Å². The molecule has 0 bridgehead atoms. The summed E-state index contributed by atoms with van der Waals surface area (Å²) >= 11 is 0. The van der Waals surface area contributed by atoms with Gasteiger partial charge >= 0.3 is 5.97 Å². The SMILES string of the molecule is COC(=O)c1cccc(N2CC(O)CC2=O)c1. The van der Waals surface area contributed by atoms with Crippen LogP contribution in [0.15, 0.2) is 24.3 Å². The molecule has 1 heterocycles. The number of aliphatic hydroxyl groups is 1. The minimum absolute atomic E-state index is 0.127. The van der Waals surface area contributed by atoms with Crippen molar-refractivity contribution in [1.82, 2.24) is 0 Å². The molecule has 17 heavy (non-hydrogen) atoms. The Labute approximate surface area is 98.6 Å². The molecule has 0 saturated carbocycles. The summed E-state index contributed by atoms with van der Waals surface area (Å²) in [7, 11) is 1.31. The normalized spacial score (nSPS) is 19.5. The molecule has 1 N–H and O–H groups in total. The summed E-state index contributed by atoms with van der Waals surface area (Å²) in [6, 6.07) is 6.61. The molecule has 2 rings (SSSR count). The monoisotopic (exact) mass is 235 g/mol. The zero-order chi connectivity index (χ0) is 12.4. The quantitative estimate of drug-likeness (QED) is 0.761. The van der Waals surface area contributed by atoms with E-state index in [0.29, 0.717) is 11.3 Å². The van der Waals surface area contributed by atoms with E-state index in [2.05, 4.69) is 4.74 Å². The second-order valence-corrected chi connectivity index (χ2v) is 3.90. The lowest BCUT2D eigenvalue weighted by atomic mass is 10.2. The third-order valence-corrected chi connectivity index (χ3v) is 2.68. The lowest BCUT2D eigenvalue weighted by Gasteiger charge is -2.16. The molecule has 1 atom stereocenters. The third kappa shape index (κ3) is 2.29. The molecule has 1 aliphatic rings. The van der Waals surface area contributed by atoms with Crippen molar-refractivity contribution in [3.05, 3.63) is 29.8 Å². The van der Waals surface area contributed by atoms with Gasteiger partial charge in [0.15, 0.2) is 0 Å². The Hall–Kier alpha value is -1.88. The molecule has 5 nitrogen and oxygen atoms in total. The van der Waals surface area contributed by atoms with Gasteiger partial charge in [-0.3, -0.25) is 4.79 Å². The van der Waals surface area contributed by atoms with Crippen molar-refractivity contribution in [2.75, 3.05) is 18.6 Å². The second-order valence-electron chi connectivity index (χ2n) is 3.90. The van der Waals surface area contributed by atoms with Crippen LogP contribution in [0.25, 0.3) is 0 Å². The molecule has 90 valence electrons. The molecule has 1 aliphatic heterocycles. The summed E-state index contributed by atoms with van der Waals surface area (Å²) in [5, 5.41) is 9.40. The molecule has 1 fully saturated rings. The van der Waals surface area contributed by atoms with Gasteiger partial charge in [-0.1, -0.05) is 6.07 Å². The Morgan fingerprint density at radius 2 is 2.29 bits per heavy atom. The number of hydrogen-bond acceptors (Lipinski definition) is 4. The fraction of sp³-hybridized carbons (Fsp3) is 0.333. The molecule has 0 aliphatic carbocycles. The predicted octanol–water partition coefficient (Wildman–Crippen LogP) is 0.571. The van der Waals surface area contributed by atoms with E-state index in [9.17, 15) is 14.7 Å². The number of nitrogens with zero attached hydrogens (tertiary/aromatic N) is 1. The molecular formula is C12H13NO4. The number of aliphatic hydroxyl groups excluding tert-OH is 1. The van der Waals surface area contributed by atoms with Crippen LogP contribution >= 0.6 is 0 Å². The van der Waals surface area contributed by atoms with Gasteiger partial charge in [0, 0.05) is 5.69 Å². The number of esters is 1. The van der Waals surface area contributed by atoms with Crippen LogP contribution in [0.4, 0.5) is 5.69 Å². The lowest BCUT2D eigenvalue weighted by molar-refractivity contribution is -0.117. The van der Waals surface area contributed by atoms with E-state index >= 15 is 0 Å². The number of methoxy groups -OCH3 is 1. The van der Waals surface area contributed by atoms with Crippen molar-refractivity contribution < 1.29 is 19.4 Å². The summed E-state index contributed by atoms with van der Waals surface area (Å²) in [5.74, 6) is -0.585. The van der Waals surface area contributed by atoms with E-state index in [1.54, 1.807) is 24.3 Å². The highest BCUT2D eigenvalue weighted by Crippen LogP contribution is 2.22. The topological polar surface area (TPSA) is 66.8 Å². The maximum atomic E-state index is 11.6. The highest BCUT2D eigenvalue weighted by Gasteiger charge is 2.29. The van der Waals surface area contributed by atoms with E-state index in [0.717, 1.165) is 0 Å². The molecular weight excluding hydrogens is 222 g/mol. The molecule has 0 aromatic heterocycles. The van der Waals surface area contributed by atoms with Crippen molar-refractivity contribution in [1.29, 1.82) is 0 Å². The standard InChI is InChI=1S/C12H13NO4/c1-17-12(16)8-3-2-4-9(5-8)13-7-10(14)6-11(13)15/h2-5,10,14H,6-7H2,1H3. The fourth-order valence-corrected chi connectivity index (χ4v) is 1.86. The van der Waals surface area contributed by atoms with Crippen molar-refractivity contribution in [2.24, 2.45) is 0 Å². The number of hydrogen-bond donors (Lipinski definition) is 1. The first kappa shape index (κ1) is 11.6. The van der Waals surface area contributed by atoms with Crippen LogP contribution in [0.5, 0.6) is 0 Å². The largest absolute Gasteiger partial charge is 0.465 e. The van der Waals surface area contributed by atoms with Gasteiger partial charge in [0.2, 0.25) is 5.91 Å². The second kappa shape index (κ2) is 4.55. The third-order valence-electron chi connectivity index (χ3n) is 2.68. The van der Waals surface area contributed by atoms with Crippen molar-refractivity contribution >= 4 is 17.6 Å². The Bertz CT molecular complexity index is 458. The van der Waals surface area contributed by atoms with Crippen molar-refractivity contribution in [2.45, 2.75) is 12.5 Å². The van der Waals surface area contributed by atoms with Crippen molar-refractivity contribution in [3.63, 3.8) is 0 Å². The summed E-state index contributed by atoms with van der Waals surface area (Å²) in [6.45, 7) is 0.267. The van der Waals surface area contributed by atoms with Gasteiger partial charge in [0.25, 0.3) is 0 Å². The van der Waals surface area contributed by atoms with Crippen LogP contribution in [-0.4, -0.2) is 36.7 Å². The smallest absolute Gasteiger partial charge is 0.337 e.